The van der Waals surface area contributed by atoms with E-state index in [-0.39, 0.29) is 31.4 Å². The molecule has 1 rings (SSSR count). The Labute approximate surface area is 112 Å². The van der Waals surface area contributed by atoms with E-state index in [1.807, 2.05) is 0 Å². The predicted octanol–water partition coefficient (Wildman–Crippen LogP) is 0.314. The van der Waals surface area contributed by atoms with Gasteiger partial charge in [-0.25, -0.2) is 4.39 Å². The van der Waals surface area contributed by atoms with Crippen molar-refractivity contribution in [2.45, 2.75) is 6.54 Å². The quantitative estimate of drug-likeness (QED) is 0.769. The molecule has 1 aromatic carbocycles. The number of rotatable bonds is 4. The van der Waals surface area contributed by atoms with Crippen molar-refractivity contribution in [3.8, 4) is 11.8 Å². The summed E-state index contributed by atoms with van der Waals surface area (Å²) in [4.78, 5) is 13.2. The second kappa shape index (κ2) is 7.52. The zero-order valence-corrected chi connectivity index (χ0v) is 11.2. The first-order valence-electron chi connectivity index (χ1n) is 5.91. The highest BCUT2D eigenvalue weighted by molar-refractivity contribution is 5.77. The third kappa shape index (κ3) is 5.51. The van der Waals surface area contributed by atoms with Crippen LogP contribution in [-0.4, -0.2) is 38.0 Å². The molecule has 3 N–H and O–H groups in total. The van der Waals surface area contributed by atoms with E-state index >= 15 is 0 Å². The van der Waals surface area contributed by atoms with Crippen molar-refractivity contribution in [1.82, 2.24) is 10.2 Å². The molecule has 19 heavy (non-hydrogen) atoms. The Morgan fingerprint density at radius 2 is 2.21 bits per heavy atom. The number of hydrogen-bond acceptors (Lipinski definition) is 3. The van der Waals surface area contributed by atoms with Gasteiger partial charge in [0, 0.05) is 17.7 Å². The van der Waals surface area contributed by atoms with Gasteiger partial charge in [0.05, 0.1) is 13.1 Å². The Morgan fingerprint density at radius 1 is 1.47 bits per heavy atom. The van der Waals surface area contributed by atoms with Gasteiger partial charge in [-0.3, -0.25) is 4.79 Å². The molecule has 0 aliphatic carbocycles. The summed E-state index contributed by atoms with van der Waals surface area (Å²) < 4.78 is 13.6. The fourth-order valence-corrected chi connectivity index (χ4v) is 1.48. The van der Waals surface area contributed by atoms with Gasteiger partial charge in [0.25, 0.3) is 0 Å². The maximum absolute atomic E-state index is 13.6. The van der Waals surface area contributed by atoms with Crippen LogP contribution in [0.5, 0.6) is 0 Å². The average Bonchev–Trinajstić information content (AvgIpc) is 2.35. The maximum Gasteiger partial charge on any atom is 0.234 e. The molecular formula is C14H18FN3O. The van der Waals surface area contributed by atoms with Crippen LogP contribution in [0.4, 0.5) is 4.39 Å². The van der Waals surface area contributed by atoms with Gasteiger partial charge in [-0.1, -0.05) is 11.8 Å². The molecule has 0 aliphatic rings. The Bertz CT molecular complexity index is 503. The molecule has 0 fully saturated rings. The van der Waals surface area contributed by atoms with Gasteiger partial charge in [0.15, 0.2) is 0 Å². The lowest BCUT2D eigenvalue weighted by Crippen LogP contribution is -2.33. The minimum atomic E-state index is -0.358. The SMILES string of the molecule is CN(C)CC(=O)NCc1cc(C#CCN)ccc1F. The van der Waals surface area contributed by atoms with Gasteiger partial charge >= 0.3 is 0 Å². The molecule has 4 nitrogen and oxygen atoms in total. The molecule has 0 atom stereocenters. The summed E-state index contributed by atoms with van der Waals surface area (Å²) in [6, 6.07) is 4.55. The normalized spacial score (nSPS) is 9.95. The molecule has 102 valence electrons. The number of nitrogens with one attached hydrogen (secondary N) is 1. The zero-order chi connectivity index (χ0) is 14.3. The number of halogens is 1. The van der Waals surface area contributed by atoms with Crippen LogP contribution in [0.3, 0.4) is 0 Å². The standard InChI is InChI=1S/C14H18FN3O/c1-18(2)10-14(19)17-9-12-8-11(4-3-7-16)5-6-13(12)15/h5-6,8H,7,9-10,16H2,1-2H3,(H,17,19). The molecule has 0 bridgehead atoms. The Morgan fingerprint density at radius 3 is 2.84 bits per heavy atom. The van der Waals surface area contributed by atoms with Crippen LogP contribution in [0, 0.1) is 17.7 Å². The van der Waals surface area contributed by atoms with Gasteiger partial charge in [-0.05, 0) is 32.3 Å². The Kier molecular flexibility index (Phi) is 6.00. The van der Waals surface area contributed by atoms with E-state index in [9.17, 15) is 9.18 Å². The van der Waals surface area contributed by atoms with E-state index in [1.165, 1.54) is 6.07 Å². The third-order valence-electron chi connectivity index (χ3n) is 2.32. The molecule has 0 saturated carbocycles. The van der Waals surface area contributed by atoms with Gasteiger partial charge < -0.3 is 16.0 Å². The van der Waals surface area contributed by atoms with Crippen LogP contribution in [0.1, 0.15) is 11.1 Å². The summed E-state index contributed by atoms with van der Waals surface area (Å²) in [5.41, 5.74) is 6.38. The van der Waals surface area contributed by atoms with E-state index in [0.29, 0.717) is 11.1 Å². The average molecular weight is 263 g/mol. The third-order valence-corrected chi connectivity index (χ3v) is 2.32. The molecule has 1 aromatic rings. The summed E-state index contributed by atoms with van der Waals surface area (Å²) in [7, 11) is 3.59. The Balaban J connectivity index is 2.69. The first-order chi connectivity index (χ1) is 9.02. The van der Waals surface area contributed by atoms with Crippen LogP contribution >= 0.6 is 0 Å². The van der Waals surface area contributed by atoms with Crippen molar-refractivity contribution in [2.24, 2.45) is 5.73 Å². The van der Waals surface area contributed by atoms with Crippen LogP contribution in [-0.2, 0) is 11.3 Å². The highest BCUT2D eigenvalue weighted by Gasteiger charge is 2.06. The van der Waals surface area contributed by atoms with Crippen LogP contribution < -0.4 is 11.1 Å². The molecule has 0 aliphatic heterocycles. The molecule has 0 unspecified atom stereocenters. The summed E-state index contributed by atoms with van der Waals surface area (Å²) >= 11 is 0. The van der Waals surface area contributed by atoms with E-state index < -0.39 is 0 Å². The fraction of sp³-hybridized carbons (Fsp3) is 0.357. The lowest BCUT2D eigenvalue weighted by molar-refractivity contribution is -0.121. The second-order valence-corrected chi connectivity index (χ2v) is 4.33. The fourth-order valence-electron chi connectivity index (χ4n) is 1.48. The van der Waals surface area contributed by atoms with Crippen molar-refractivity contribution in [2.75, 3.05) is 27.2 Å². The number of likely N-dealkylation sites (N-methyl/N-ethyl adjacent to an activating group) is 1. The second-order valence-electron chi connectivity index (χ2n) is 4.33. The van der Waals surface area contributed by atoms with E-state index in [4.69, 9.17) is 5.73 Å². The topological polar surface area (TPSA) is 58.4 Å². The van der Waals surface area contributed by atoms with Crippen molar-refractivity contribution >= 4 is 5.91 Å². The molecule has 0 radical (unpaired) electrons. The summed E-state index contributed by atoms with van der Waals surface area (Å²) in [5.74, 6) is 5.02. The number of nitrogens with zero attached hydrogens (tertiary/aromatic N) is 1. The Hall–Kier alpha value is -1.90. The highest BCUT2D eigenvalue weighted by Crippen LogP contribution is 2.09. The largest absolute Gasteiger partial charge is 0.351 e. The molecule has 0 aromatic heterocycles. The van der Waals surface area contributed by atoms with Crippen molar-refractivity contribution in [3.05, 3.63) is 35.1 Å². The number of benzene rings is 1. The monoisotopic (exact) mass is 263 g/mol. The van der Waals surface area contributed by atoms with E-state index in [1.54, 1.807) is 31.1 Å². The lowest BCUT2D eigenvalue weighted by atomic mass is 10.1. The summed E-state index contributed by atoms with van der Waals surface area (Å²) in [5, 5.41) is 2.66. The van der Waals surface area contributed by atoms with Crippen LogP contribution in [0.2, 0.25) is 0 Å². The number of carbonyl (C=O) groups excluding carboxylic acids is 1. The zero-order valence-electron chi connectivity index (χ0n) is 11.2. The highest BCUT2D eigenvalue weighted by atomic mass is 19.1. The first kappa shape index (κ1) is 15.2. The molecule has 5 heteroatoms. The molecule has 0 saturated heterocycles. The van der Waals surface area contributed by atoms with Gasteiger partial charge in [-0.2, -0.15) is 0 Å². The van der Waals surface area contributed by atoms with Gasteiger partial charge in [-0.15, -0.1) is 0 Å². The predicted molar refractivity (Wildman–Crippen MR) is 72.7 cm³/mol. The molecule has 0 spiro atoms. The smallest absolute Gasteiger partial charge is 0.234 e. The molecule has 1 amide bonds. The first-order valence-corrected chi connectivity index (χ1v) is 5.91. The molecule has 0 heterocycles. The van der Waals surface area contributed by atoms with Crippen molar-refractivity contribution in [3.63, 3.8) is 0 Å². The maximum atomic E-state index is 13.6. The van der Waals surface area contributed by atoms with Crippen molar-refractivity contribution in [1.29, 1.82) is 0 Å². The van der Waals surface area contributed by atoms with Crippen molar-refractivity contribution < 1.29 is 9.18 Å². The molecular weight excluding hydrogens is 245 g/mol. The lowest BCUT2D eigenvalue weighted by Gasteiger charge is -2.10. The van der Waals surface area contributed by atoms with Crippen LogP contribution in [0.25, 0.3) is 0 Å². The minimum absolute atomic E-state index is 0.149. The van der Waals surface area contributed by atoms with Gasteiger partial charge in [0.1, 0.15) is 5.82 Å². The number of nitrogens with two attached hydrogens (primary N) is 1. The number of hydrogen-bond donors (Lipinski definition) is 2. The van der Waals surface area contributed by atoms with E-state index in [2.05, 4.69) is 17.2 Å². The van der Waals surface area contributed by atoms with E-state index in [0.717, 1.165) is 0 Å². The minimum Gasteiger partial charge on any atom is -0.351 e. The number of amides is 1. The summed E-state index contributed by atoms with van der Waals surface area (Å²) in [6.07, 6.45) is 0. The number of carbonyl (C=O) groups is 1. The van der Waals surface area contributed by atoms with Gasteiger partial charge in [0.2, 0.25) is 5.91 Å². The van der Waals surface area contributed by atoms with Crippen LogP contribution in [0.15, 0.2) is 18.2 Å². The summed E-state index contributed by atoms with van der Waals surface area (Å²) in [6.45, 7) is 0.678.